The second kappa shape index (κ2) is 6.66. The summed E-state index contributed by atoms with van der Waals surface area (Å²) in [5, 5.41) is 4.51. The molecule has 1 rings (SSSR count). The van der Waals surface area contributed by atoms with Crippen LogP contribution in [0.15, 0.2) is 4.47 Å². The summed E-state index contributed by atoms with van der Waals surface area (Å²) in [4.78, 5) is 0. The molecule has 17 heavy (non-hydrogen) atoms. The molecule has 2 atom stereocenters. The van der Waals surface area contributed by atoms with E-state index in [1.54, 1.807) is 0 Å². The molecule has 2 N–H and O–H groups in total. The molecule has 0 amide bonds. The minimum atomic E-state index is -0.942. The highest BCUT2D eigenvalue weighted by atomic mass is 79.9. The van der Waals surface area contributed by atoms with Crippen LogP contribution in [0, 0.1) is 0 Å². The second-order valence-corrected chi connectivity index (χ2v) is 6.60. The van der Waals surface area contributed by atoms with Crippen LogP contribution in [0.3, 0.4) is 0 Å². The van der Waals surface area contributed by atoms with E-state index in [0.29, 0.717) is 12.3 Å². The highest BCUT2D eigenvalue weighted by Gasteiger charge is 2.18. The maximum Gasteiger partial charge on any atom is 0.0767 e. The molecular weight excluding hydrogens is 302 g/mol. The second-order valence-electron chi connectivity index (χ2n) is 3.95. The predicted octanol–water partition coefficient (Wildman–Crippen LogP) is 1.82. The maximum absolute atomic E-state index is 12.0. The number of aromatic nitrogens is 2. The number of aryl methyl sites for hydroxylation is 2. The zero-order valence-corrected chi connectivity index (χ0v) is 13.0. The Morgan fingerprint density at radius 2 is 2.18 bits per heavy atom. The predicted molar refractivity (Wildman–Crippen MR) is 75.3 cm³/mol. The average molecular weight is 322 g/mol. The van der Waals surface area contributed by atoms with Crippen molar-refractivity contribution < 1.29 is 4.21 Å². The van der Waals surface area contributed by atoms with Crippen molar-refractivity contribution in [3.05, 3.63) is 15.9 Å². The van der Waals surface area contributed by atoms with E-state index < -0.39 is 10.8 Å². The third-order valence-corrected chi connectivity index (χ3v) is 5.32. The largest absolute Gasteiger partial charge is 0.329 e. The van der Waals surface area contributed by atoms with Gasteiger partial charge >= 0.3 is 0 Å². The Morgan fingerprint density at radius 3 is 2.65 bits per heavy atom. The molecule has 2 unspecified atom stereocenters. The summed E-state index contributed by atoms with van der Waals surface area (Å²) < 4.78 is 15.0. The minimum Gasteiger partial charge on any atom is -0.329 e. The first-order valence-corrected chi connectivity index (χ1v) is 8.03. The van der Waals surface area contributed by atoms with Gasteiger partial charge in [0.25, 0.3) is 0 Å². The molecule has 0 aliphatic rings. The summed E-state index contributed by atoms with van der Waals surface area (Å²) in [6, 6.07) is 0. The zero-order valence-electron chi connectivity index (χ0n) is 10.6. The molecule has 0 fully saturated rings. The van der Waals surface area contributed by atoms with Crippen molar-refractivity contribution >= 4 is 26.7 Å². The van der Waals surface area contributed by atoms with Crippen LogP contribution in [0.5, 0.6) is 0 Å². The third-order valence-electron chi connectivity index (χ3n) is 2.75. The van der Waals surface area contributed by atoms with Crippen molar-refractivity contribution in [1.82, 2.24) is 9.78 Å². The SMILES string of the molecule is CCc1nn(CC)c(CS(=O)C(C)CN)c1Br. The Labute approximate surface area is 114 Å². The standard InChI is InChI=1S/C11H20BrN3OS/c1-4-9-11(12)10(15(5-2)14-9)7-17(16)8(3)6-13/h8H,4-7,13H2,1-3H3. The first-order valence-electron chi connectivity index (χ1n) is 5.86. The quantitative estimate of drug-likeness (QED) is 0.869. The summed E-state index contributed by atoms with van der Waals surface area (Å²) >= 11 is 3.55. The molecule has 0 radical (unpaired) electrons. The van der Waals surface area contributed by atoms with E-state index >= 15 is 0 Å². The number of rotatable bonds is 6. The van der Waals surface area contributed by atoms with E-state index in [1.807, 2.05) is 18.5 Å². The Hall–Kier alpha value is -0.200. The van der Waals surface area contributed by atoms with Gasteiger partial charge in [0.2, 0.25) is 0 Å². The molecule has 1 aromatic rings. The monoisotopic (exact) mass is 321 g/mol. The summed E-state index contributed by atoms with van der Waals surface area (Å²) in [5.74, 6) is 0.514. The molecule has 0 saturated carbocycles. The van der Waals surface area contributed by atoms with Gasteiger partial charge in [-0.1, -0.05) is 6.92 Å². The van der Waals surface area contributed by atoms with E-state index in [9.17, 15) is 4.21 Å². The fraction of sp³-hybridized carbons (Fsp3) is 0.727. The number of nitrogens with zero attached hydrogens (tertiary/aromatic N) is 2. The minimum absolute atomic E-state index is 0.0205. The van der Waals surface area contributed by atoms with Gasteiger partial charge in [-0.2, -0.15) is 5.10 Å². The van der Waals surface area contributed by atoms with Crippen LogP contribution in [0.1, 0.15) is 32.2 Å². The molecule has 1 aromatic heterocycles. The lowest BCUT2D eigenvalue weighted by Gasteiger charge is -2.10. The third kappa shape index (κ3) is 3.39. The fourth-order valence-electron chi connectivity index (χ4n) is 1.54. The van der Waals surface area contributed by atoms with Crippen molar-refractivity contribution in [1.29, 1.82) is 0 Å². The topological polar surface area (TPSA) is 60.9 Å². The van der Waals surface area contributed by atoms with E-state index in [1.165, 1.54) is 0 Å². The summed E-state index contributed by atoms with van der Waals surface area (Å²) in [5.41, 5.74) is 7.58. The van der Waals surface area contributed by atoms with Crippen molar-refractivity contribution in [2.24, 2.45) is 5.73 Å². The molecule has 0 bridgehead atoms. The number of halogens is 1. The van der Waals surface area contributed by atoms with Crippen LogP contribution in [0.4, 0.5) is 0 Å². The highest BCUT2D eigenvalue weighted by Crippen LogP contribution is 2.24. The van der Waals surface area contributed by atoms with Gasteiger partial charge in [0, 0.05) is 29.1 Å². The van der Waals surface area contributed by atoms with Gasteiger partial charge in [0.05, 0.1) is 21.6 Å². The Morgan fingerprint density at radius 1 is 1.53 bits per heavy atom. The van der Waals surface area contributed by atoms with Gasteiger partial charge in [-0.3, -0.25) is 8.89 Å². The first-order chi connectivity index (χ1) is 8.04. The molecule has 1 heterocycles. The molecular formula is C11H20BrN3OS. The molecule has 6 heteroatoms. The van der Waals surface area contributed by atoms with E-state index in [0.717, 1.165) is 28.8 Å². The smallest absolute Gasteiger partial charge is 0.0767 e. The van der Waals surface area contributed by atoms with Crippen LogP contribution in [0.2, 0.25) is 0 Å². The van der Waals surface area contributed by atoms with Crippen LogP contribution >= 0.6 is 15.9 Å². The maximum atomic E-state index is 12.0. The molecule has 0 aliphatic heterocycles. The summed E-state index contributed by atoms with van der Waals surface area (Å²) in [7, 11) is -0.942. The van der Waals surface area contributed by atoms with Gasteiger partial charge in [-0.05, 0) is 36.2 Å². The molecule has 4 nitrogen and oxygen atoms in total. The van der Waals surface area contributed by atoms with E-state index in [2.05, 4.69) is 28.0 Å². The molecule has 0 spiro atoms. The van der Waals surface area contributed by atoms with Gasteiger partial charge < -0.3 is 5.73 Å². The lowest BCUT2D eigenvalue weighted by Crippen LogP contribution is -2.23. The summed E-state index contributed by atoms with van der Waals surface area (Å²) in [6.45, 7) is 7.26. The van der Waals surface area contributed by atoms with Crippen LogP contribution in [-0.4, -0.2) is 25.8 Å². The normalized spacial score (nSPS) is 14.9. The Bertz CT molecular complexity index is 406. The molecule has 0 aromatic carbocycles. The van der Waals surface area contributed by atoms with E-state index in [-0.39, 0.29) is 5.25 Å². The van der Waals surface area contributed by atoms with Gasteiger partial charge in [0.15, 0.2) is 0 Å². The van der Waals surface area contributed by atoms with E-state index in [4.69, 9.17) is 5.73 Å². The zero-order chi connectivity index (χ0) is 13.0. The Kier molecular flexibility index (Phi) is 5.82. The number of hydrogen-bond acceptors (Lipinski definition) is 3. The fourth-order valence-corrected chi connectivity index (χ4v) is 3.49. The van der Waals surface area contributed by atoms with Crippen molar-refractivity contribution in [3.8, 4) is 0 Å². The van der Waals surface area contributed by atoms with Crippen molar-refractivity contribution in [2.45, 2.75) is 44.7 Å². The lowest BCUT2D eigenvalue weighted by molar-refractivity contribution is 0.621. The average Bonchev–Trinajstić information content (AvgIpc) is 2.65. The van der Waals surface area contributed by atoms with Gasteiger partial charge in [0.1, 0.15) is 0 Å². The van der Waals surface area contributed by atoms with Crippen LogP contribution < -0.4 is 5.73 Å². The first kappa shape index (κ1) is 14.9. The van der Waals surface area contributed by atoms with Gasteiger partial charge in [-0.15, -0.1) is 0 Å². The van der Waals surface area contributed by atoms with Gasteiger partial charge in [-0.25, -0.2) is 0 Å². The lowest BCUT2D eigenvalue weighted by atomic mass is 10.3. The van der Waals surface area contributed by atoms with Crippen molar-refractivity contribution in [2.75, 3.05) is 6.54 Å². The van der Waals surface area contributed by atoms with Crippen LogP contribution in [-0.2, 0) is 29.5 Å². The molecule has 0 aliphatic carbocycles. The van der Waals surface area contributed by atoms with Crippen molar-refractivity contribution in [3.63, 3.8) is 0 Å². The molecule has 0 saturated heterocycles. The van der Waals surface area contributed by atoms with Crippen LogP contribution in [0.25, 0.3) is 0 Å². The number of nitrogens with two attached hydrogens (primary N) is 1. The summed E-state index contributed by atoms with van der Waals surface area (Å²) in [6.07, 6.45) is 0.875. The Balaban J connectivity index is 2.97. The molecule has 98 valence electrons. The number of hydrogen-bond donors (Lipinski definition) is 1. The highest BCUT2D eigenvalue weighted by molar-refractivity contribution is 9.10.